The van der Waals surface area contributed by atoms with Crippen molar-refractivity contribution < 1.29 is 18.3 Å². The van der Waals surface area contributed by atoms with E-state index in [1.807, 2.05) is 0 Å². The molecule has 1 nitrogen and oxygen atoms in total. The molecule has 0 radical (unpaired) electrons. The van der Waals surface area contributed by atoms with E-state index in [1.54, 1.807) is 25.1 Å². The van der Waals surface area contributed by atoms with Crippen LogP contribution in [0.25, 0.3) is 0 Å². The van der Waals surface area contributed by atoms with Crippen molar-refractivity contribution in [1.29, 1.82) is 0 Å². The number of aliphatic hydroxyl groups is 1. The Labute approximate surface area is 116 Å². The fraction of sp³-hybridized carbons (Fsp3) is 0.143. The van der Waals surface area contributed by atoms with Gasteiger partial charge in [0.05, 0.1) is 5.56 Å². The summed E-state index contributed by atoms with van der Waals surface area (Å²) in [5.74, 6) is -3.23. The molecule has 0 aromatic heterocycles. The van der Waals surface area contributed by atoms with Gasteiger partial charge in [-0.05, 0) is 30.2 Å². The second-order valence-corrected chi connectivity index (χ2v) is 5.16. The van der Waals surface area contributed by atoms with Crippen LogP contribution in [0.15, 0.2) is 34.8 Å². The van der Waals surface area contributed by atoms with E-state index in [0.29, 0.717) is 22.2 Å². The molecule has 0 saturated heterocycles. The van der Waals surface area contributed by atoms with Crippen molar-refractivity contribution in [3.05, 3.63) is 68.9 Å². The van der Waals surface area contributed by atoms with Crippen molar-refractivity contribution in [2.75, 3.05) is 0 Å². The fourth-order valence-electron chi connectivity index (χ4n) is 1.90. The van der Waals surface area contributed by atoms with Gasteiger partial charge in [-0.15, -0.1) is 0 Å². The minimum atomic E-state index is -1.49. The summed E-state index contributed by atoms with van der Waals surface area (Å²) >= 11 is 3.24. The molecule has 5 heteroatoms. The molecule has 2 rings (SSSR count). The van der Waals surface area contributed by atoms with Crippen molar-refractivity contribution in [3.63, 3.8) is 0 Å². The van der Waals surface area contributed by atoms with Crippen LogP contribution in [0.5, 0.6) is 0 Å². The summed E-state index contributed by atoms with van der Waals surface area (Å²) < 4.78 is 40.7. The number of halogens is 4. The molecule has 2 aromatic carbocycles. The minimum absolute atomic E-state index is 0.330. The first-order chi connectivity index (χ1) is 8.88. The largest absolute Gasteiger partial charge is 0.383 e. The Balaban J connectivity index is 2.52. The molecule has 2 aromatic rings. The highest BCUT2D eigenvalue weighted by Crippen LogP contribution is 2.29. The highest BCUT2D eigenvalue weighted by molar-refractivity contribution is 9.10. The Kier molecular flexibility index (Phi) is 3.96. The van der Waals surface area contributed by atoms with Crippen molar-refractivity contribution in [3.8, 4) is 0 Å². The molecule has 0 aliphatic carbocycles. The van der Waals surface area contributed by atoms with Crippen LogP contribution in [0.2, 0.25) is 0 Å². The predicted molar refractivity (Wildman–Crippen MR) is 69.3 cm³/mol. The molecular weight excluding hydrogens is 321 g/mol. The average molecular weight is 331 g/mol. The minimum Gasteiger partial charge on any atom is -0.383 e. The lowest BCUT2D eigenvalue weighted by molar-refractivity contribution is 0.208. The van der Waals surface area contributed by atoms with Crippen LogP contribution < -0.4 is 0 Å². The normalized spacial score (nSPS) is 12.5. The quantitative estimate of drug-likeness (QED) is 0.872. The summed E-state index contributed by atoms with van der Waals surface area (Å²) in [6.45, 7) is 1.79. The van der Waals surface area contributed by atoms with Gasteiger partial charge >= 0.3 is 0 Å². The van der Waals surface area contributed by atoms with Gasteiger partial charge in [0.2, 0.25) is 0 Å². The molecule has 0 spiro atoms. The van der Waals surface area contributed by atoms with E-state index >= 15 is 0 Å². The zero-order chi connectivity index (χ0) is 14.2. The maximum Gasteiger partial charge on any atom is 0.135 e. The van der Waals surface area contributed by atoms with Gasteiger partial charge in [-0.2, -0.15) is 0 Å². The zero-order valence-corrected chi connectivity index (χ0v) is 11.5. The third kappa shape index (κ3) is 2.98. The monoisotopic (exact) mass is 330 g/mol. The average Bonchev–Trinajstić information content (AvgIpc) is 2.25. The molecule has 0 amide bonds. The van der Waals surface area contributed by atoms with Gasteiger partial charge in [-0.3, -0.25) is 0 Å². The molecule has 1 unspecified atom stereocenters. The summed E-state index contributed by atoms with van der Waals surface area (Å²) in [5.41, 5.74) is 0.599. The lowest BCUT2D eigenvalue weighted by atomic mass is 9.99. The first kappa shape index (κ1) is 14.1. The molecule has 1 atom stereocenters. The lowest BCUT2D eigenvalue weighted by Crippen LogP contribution is -2.07. The second kappa shape index (κ2) is 5.35. The topological polar surface area (TPSA) is 20.2 Å². The first-order valence-electron chi connectivity index (χ1n) is 5.48. The molecule has 0 aliphatic rings. The van der Waals surface area contributed by atoms with Gasteiger partial charge in [0.25, 0.3) is 0 Å². The molecule has 0 fully saturated rings. The van der Waals surface area contributed by atoms with Gasteiger partial charge in [0, 0.05) is 16.6 Å². The maximum absolute atomic E-state index is 13.6. The molecular formula is C14H10BrF3O. The van der Waals surface area contributed by atoms with E-state index in [2.05, 4.69) is 15.9 Å². The van der Waals surface area contributed by atoms with E-state index in [0.717, 1.165) is 5.56 Å². The molecule has 0 saturated carbocycles. The van der Waals surface area contributed by atoms with Crippen molar-refractivity contribution >= 4 is 15.9 Å². The number of aryl methyl sites for hydroxylation is 1. The van der Waals surface area contributed by atoms with Gasteiger partial charge < -0.3 is 5.11 Å². The van der Waals surface area contributed by atoms with E-state index < -0.39 is 29.1 Å². The van der Waals surface area contributed by atoms with Crippen molar-refractivity contribution in [1.82, 2.24) is 0 Å². The number of benzene rings is 2. The van der Waals surface area contributed by atoms with Gasteiger partial charge in [0.15, 0.2) is 0 Å². The molecule has 19 heavy (non-hydrogen) atoms. The summed E-state index contributed by atoms with van der Waals surface area (Å²) in [6.07, 6.45) is -1.49. The van der Waals surface area contributed by atoms with E-state index in [-0.39, 0.29) is 0 Å². The van der Waals surface area contributed by atoms with Crippen LogP contribution in [-0.4, -0.2) is 5.11 Å². The smallest absolute Gasteiger partial charge is 0.135 e. The predicted octanol–water partition coefficient (Wildman–Crippen LogP) is 4.26. The summed E-state index contributed by atoms with van der Waals surface area (Å²) in [4.78, 5) is 0. The zero-order valence-electron chi connectivity index (χ0n) is 9.92. The standard InChI is InChI=1S/C14H10BrF3O/c1-7-2-8(4-9(15)3-7)14(19)13-11(17)5-10(16)6-12(13)18/h2-6,14,19H,1H3. The van der Waals surface area contributed by atoms with Gasteiger partial charge in [-0.1, -0.05) is 22.0 Å². The molecule has 0 heterocycles. The van der Waals surface area contributed by atoms with E-state index in [9.17, 15) is 18.3 Å². The van der Waals surface area contributed by atoms with Crippen LogP contribution in [0.3, 0.4) is 0 Å². The van der Waals surface area contributed by atoms with E-state index in [1.165, 1.54) is 0 Å². The van der Waals surface area contributed by atoms with Crippen molar-refractivity contribution in [2.24, 2.45) is 0 Å². The number of hydrogen-bond acceptors (Lipinski definition) is 1. The molecule has 100 valence electrons. The number of hydrogen-bond donors (Lipinski definition) is 1. The Bertz CT molecular complexity index is 585. The summed E-state index contributed by atoms with van der Waals surface area (Å²) in [7, 11) is 0. The molecule has 1 N–H and O–H groups in total. The van der Waals surface area contributed by atoms with Crippen LogP contribution in [0.1, 0.15) is 22.8 Å². The summed E-state index contributed by atoms with van der Waals surface area (Å²) in [6, 6.07) is 6.06. The van der Waals surface area contributed by atoms with Crippen LogP contribution in [-0.2, 0) is 0 Å². The van der Waals surface area contributed by atoms with Crippen LogP contribution >= 0.6 is 15.9 Å². The van der Waals surface area contributed by atoms with Crippen molar-refractivity contribution in [2.45, 2.75) is 13.0 Å². The fourth-order valence-corrected chi connectivity index (χ4v) is 2.53. The number of rotatable bonds is 2. The third-order valence-electron chi connectivity index (χ3n) is 2.70. The van der Waals surface area contributed by atoms with Crippen LogP contribution in [0.4, 0.5) is 13.2 Å². The van der Waals surface area contributed by atoms with Gasteiger partial charge in [-0.25, -0.2) is 13.2 Å². The maximum atomic E-state index is 13.6. The SMILES string of the molecule is Cc1cc(Br)cc(C(O)c2c(F)cc(F)cc2F)c1. The number of aliphatic hydroxyl groups excluding tert-OH is 1. The highest BCUT2D eigenvalue weighted by atomic mass is 79.9. The Hall–Kier alpha value is -1.33. The highest BCUT2D eigenvalue weighted by Gasteiger charge is 2.21. The van der Waals surface area contributed by atoms with Crippen LogP contribution in [0, 0.1) is 24.4 Å². The second-order valence-electron chi connectivity index (χ2n) is 4.25. The van der Waals surface area contributed by atoms with Gasteiger partial charge in [0.1, 0.15) is 23.6 Å². The first-order valence-corrected chi connectivity index (χ1v) is 6.27. The Morgan fingerprint density at radius 2 is 1.58 bits per heavy atom. The Morgan fingerprint density at radius 1 is 1.00 bits per heavy atom. The third-order valence-corrected chi connectivity index (χ3v) is 3.16. The van der Waals surface area contributed by atoms with E-state index in [4.69, 9.17) is 0 Å². The Morgan fingerprint density at radius 3 is 2.11 bits per heavy atom. The summed E-state index contributed by atoms with van der Waals surface area (Å²) in [5, 5.41) is 10.1. The molecule has 0 aliphatic heterocycles. The molecule has 0 bridgehead atoms. The lowest BCUT2D eigenvalue weighted by Gasteiger charge is -2.14.